The van der Waals surface area contributed by atoms with E-state index in [9.17, 15) is 10.1 Å². The van der Waals surface area contributed by atoms with Gasteiger partial charge in [0.1, 0.15) is 11.3 Å². The van der Waals surface area contributed by atoms with Crippen LogP contribution in [-0.2, 0) is 14.3 Å². The third-order valence-corrected chi connectivity index (χ3v) is 4.65. The number of amides is 1. The zero-order valence-electron chi connectivity index (χ0n) is 15.4. The van der Waals surface area contributed by atoms with E-state index in [0.717, 1.165) is 10.3 Å². The van der Waals surface area contributed by atoms with Crippen LogP contribution in [0.5, 0.6) is 5.75 Å². The Bertz CT molecular complexity index is 874. The average Bonchev–Trinajstić information content (AvgIpc) is 2.65. The van der Waals surface area contributed by atoms with Crippen LogP contribution in [0.4, 0.5) is 0 Å². The van der Waals surface area contributed by atoms with Crippen molar-refractivity contribution in [2.45, 2.75) is 23.6 Å². The predicted octanol–water partition coefficient (Wildman–Crippen LogP) is 3.01. The summed E-state index contributed by atoms with van der Waals surface area (Å²) in [5.41, 5.74) is -0.568. The highest BCUT2D eigenvalue weighted by Gasteiger charge is 2.31. The van der Waals surface area contributed by atoms with Crippen LogP contribution in [0.25, 0.3) is 10.9 Å². The summed E-state index contributed by atoms with van der Waals surface area (Å²) < 4.78 is 15.8. The fourth-order valence-electron chi connectivity index (χ4n) is 2.39. The number of methoxy groups -OCH3 is 2. The summed E-state index contributed by atoms with van der Waals surface area (Å²) in [5.74, 6) is -0.259. The second-order valence-corrected chi connectivity index (χ2v) is 7.19. The van der Waals surface area contributed by atoms with Crippen LogP contribution < -0.4 is 10.1 Å². The number of nitrogens with zero attached hydrogens (tertiary/aromatic N) is 2. The Morgan fingerprint density at radius 3 is 2.78 bits per heavy atom. The number of rotatable bonds is 8. The quantitative estimate of drug-likeness (QED) is 0.529. The van der Waals surface area contributed by atoms with Crippen LogP contribution in [0.3, 0.4) is 0 Å². The van der Waals surface area contributed by atoms with Crippen LogP contribution in [-0.4, -0.2) is 49.8 Å². The SMILES string of the molecule is COCC(C)(C#N)NC(=O)C(OC)Oc1cc(Cl)c2ncc(SC)cc2c1. The zero-order valence-corrected chi connectivity index (χ0v) is 17.0. The number of nitriles is 1. The van der Waals surface area contributed by atoms with Crippen LogP contribution in [0.2, 0.25) is 5.02 Å². The van der Waals surface area contributed by atoms with E-state index in [1.54, 1.807) is 37.0 Å². The molecule has 144 valence electrons. The highest BCUT2D eigenvalue weighted by atomic mass is 35.5. The fourth-order valence-corrected chi connectivity index (χ4v) is 3.06. The number of carbonyl (C=O) groups excluding carboxylic acids is 1. The molecule has 1 aromatic heterocycles. The van der Waals surface area contributed by atoms with Crippen LogP contribution >= 0.6 is 23.4 Å². The summed E-state index contributed by atoms with van der Waals surface area (Å²) in [4.78, 5) is 17.8. The molecule has 0 spiro atoms. The molecular formula is C18H20ClN3O4S. The van der Waals surface area contributed by atoms with Crippen LogP contribution in [0, 0.1) is 11.3 Å². The summed E-state index contributed by atoms with van der Waals surface area (Å²) in [6.45, 7) is 1.57. The molecule has 1 heterocycles. The van der Waals surface area contributed by atoms with Gasteiger partial charge < -0.3 is 19.5 Å². The Morgan fingerprint density at radius 1 is 1.44 bits per heavy atom. The Kier molecular flexibility index (Phi) is 7.27. The zero-order chi connectivity index (χ0) is 20.0. The standard InChI is InChI=1S/C18H20ClN3O4S/c1-18(9-20,10-24-2)22-16(23)17(25-3)26-12-5-11-6-13(27-4)8-21-15(11)14(19)7-12/h5-8,17H,10H2,1-4H3,(H,22,23). The Hall–Kier alpha value is -2.05. The van der Waals surface area contributed by atoms with Gasteiger partial charge in [-0.15, -0.1) is 11.8 Å². The topological polar surface area (TPSA) is 93.5 Å². The van der Waals surface area contributed by atoms with Crippen molar-refractivity contribution in [2.75, 3.05) is 27.1 Å². The number of hydrogen-bond acceptors (Lipinski definition) is 7. The number of carbonyl (C=O) groups is 1. The monoisotopic (exact) mass is 409 g/mol. The van der Waals surface area contributed by atoms with E-state index in [2.05, 4.69) is 10.3 Å². The number of benzene rings is 1. The van der Waals surface area contributed by atoms with Gasteiger partial charge in [-0.3, -0.25) is 9.78 Å². The van der Waals surface area contributed by atoms with Gasteiger partial charge in [-0.25, -0.2) is 0 Å². The van der Waals surface area contributed by atoms with Gasteiger partial charge in [0, 0.05) is 36.8 Å². The summed E-state index contributed by atoms with van der Waals surface area (Å²) >= 11 is 7.84. The van der Waals surface area contributed by atoms with Gasteiger partial charge in [0.2, 0.25) is 0 Å². The number of thioether (sulfide) groups is 1. The van der Waals surface area contributed by atoms with E-state index in [1.165, 1.54) is 14.2 Å². The van der Waals surface area contributed by atoms with E-state index >= 15 is 0 Å². The first-order chi connectivity index (χ1) is 12.9. The Morgan fingerprint density at radius 2 is 2.19 bits per heavy atom. The van der Waals surface area contributed by atoms with Crippen molar-refractivity contribution in [2.24, 2.45) is 0 Å². The maximum Gasteiger partial charge on any atom is 0.290 e. The largest absolute Gasteiger partial charge is 0.455 e. The number of aromatic nitrogens is 1. The predicted molar refractivity (Wildman–Crippen MR) is 104 cm³/mol. The molecule has 0 bridgehead atoms. The number of fused-ring (bicyclic) bond motifs is 1. The van der Waals surface area contributed by atoms with Gasteiger partial charge >= 0.3 is 0 Å². The third-order valence-electron chi connectivity index (χ3n) is 3.67. The van der Waals surface area contributed by atoms with Gasteiger partial charge in [-0.2, -0.15) is 5.26 Å². The van der Waals surface area contributed by atoms with Crippen molar-refractivity contribution in [3.8, 4) is 11.8 Å². The summed E-state index contributed by atoms with van der Waals surface area (Å²) in [6, 6.07) is 7.22. The lowest BCUT2D eigenvalue weighted by atomic mass is 10.1. The van der Waals surface area contributed by atoms with E-state index in [-0.39, 0.29) is 6.61 Å². The molecule has 0 saturated carbocycles. The fraction of sp³-hybridized carbons (Fsp3) is 0.389. The molecule has 0 radical (unpaired) electrons. The van der Waals surface area contributed by atoms with E-state index < -0.39 is 17.7 Å². The molecule has 1 N–H and O–H groups in total. The molecule has 0 aliphatic carbocycles. The maximum absolute atomic E-state index is 12.5. The van der Waals surface area contributed by atoms with Crippen LogP contribution in [0.1, 0.15) is 6.92 Å². The van der Waals surface area contributed by atoms with Gasteiger partial charge in [-0.1, -0.05) is 11.6 Å². The molecule has 0 fully saturated rings. The second kappa shape index (κ2) is 9.24. The number of pyridine rings is 1. The molecule has 27 heavy (non-hydrogen) atoms. The lowest BCUT2D eigenvalue weighted by molar-refractivity contribution is -0.149. The summed E-state index contributed by atoms with van der Waals surface area (Å²) in [7, 11) is 2.78. The van der Waals surface area contributed by atoms with Crippen molar-refractivity contribution in [1.82, 2.24) is 10.3 Å². The first-order valence-electron chi connectivity index (χ1n) is 7.90. The van der Waals surface area contributed by atoms with Crippen molar-refractivity contribution in [3.05, 3.63) is 29.4 Å². The summed E-state index contributed by atoms with van der Waals surface area (Å²) in [6.07, 6.45) is 2.42. The highest BCUT2D eigenvalue weighted by molar-refractivity contribution is 7.98. The minimum atomic E-state index is -1.26. The van der Waals surface area contributed by atoms with E-state index in [4.69, 9.17) is 25.8 Å². The van der Waals surface area contributed by atoms with E-state index in [0.29, 0.717) is 16.3 Å². The molecule has 9 heteroatoms. The van der Waals surface area contributed by atoms with Gasteiger partial charge in [0.15, 0.2) is 0 Å². The number of ether oxygens (including phenoxy) is 3. The van der Waals surface area contributed by atoms with Crippen molar-refractivity contribution < 1.29 is 19.0 Å². The van der Waals surface area contributed by atoms with Gasteiger partial charge in [0.05, 0.1) is 23.2 Å². The minimum absolute atomic E-state index is 0.0244. The molecule has 2 unspecified atom stereocenters. The molecule has 0 aliphatic heterocycles. The second-order valence-electron chi connectivity index (χ2n) is 5.90. The first kappa shape index (κ1) is 21.3. The highest BCUT2D eigenvalue weighted by Crippen LogP contribution is 2.30. The third kappa shape index (κ3) is 5.23. The lowest BCUT2D eigenvalue weighted by Gasteiger charge is -2.25. The maximum atomic E-state index is 12.5. The van der Waals surface area contributed by atoms with Crippen molar-refractivity contribution >= 4 is 40.2 Å². The lowest BCUT2D eigenvalue weighted by Crippen LogP contribution is -2.53. The molecule has 2 aromatic rings. The Labute approximate surface area is 166 Å². The smallest absolute Gasteiger partial charge is 0.290 e. The first-order valence-corrected chi connectivity index (χ1v) is 9.51. The molecule has 1 aromatic carbocycles. The summed E-state index contributed by atoms with van der Waals surface area (Å²) in [5, 5.41) is 13.0. The molecule has 2 rings (SSSR count). The number of nitrogens with one attached hydrogen (secondary N) is 1. The molecule has 2 atom stereocenters. The average molecular weight is 410 g/mol. The normalized spacial score (nSPS) is 14.2. The van der Waals surface area contributed by atoms with E-state index in [1.807, 2.05) is 18.4 Å². The Balaban J connectivity index is 2.25. The van der Waals surface area contributed by atoms with Gasteiger partial charge in [-0.05, 0) is 25.3 Å². The number of hydrogen-bond donors (Lipinski definition) is 1. The van der Waals surface area contributed by atoms with Crippen LogP contribution in [0.15, 0.2) is 29.3 Å². The van der Waals surface area contributed by atoms with Crippen molar-refractivity contribution in [1.29, 1.82) is 5.26 Å². The van der Waals surface area contributed by atoms with Crippen molar-refractivity contribution in [3.63, 3.8) is 0 Å². The minimum Gasteiger partial charge on any atom is -0.455 e. The molecule has 7 nitrogen and oxygen atoms in total. The molecule has 0 aliphatic rings. The number of halogens is 1. The molecule has 0 saturated heterocycles. The molecule has 1 amide bonds. The molecular weight excluding hydrogens is 390 g/mol. The van der Waals surface area contributed by atoms with Gasteiger partial charge in [0.25, 0.3) is 12.2 Å².